The summed E-state index contributed by atoms with van der Waals surface area (Å²) in [6, 6.07) is 2.00. The highest BCUT2D eigenvalue weighted by molar-refractivity contribution is 6.35. The summed E-state index contributed by atoms with van der Waals surface area (Å²) in [5.74, 6) is -0.728. The summed E-state index contributed by atoms with van der Waals surface area (Å²) in [4.78, 5) is 13.5. The van der Waals surface area contributed by atoms with E-state index in [4.69, 9.17) is 33.7 Å². The first-order valence-electron chi connectivity index (χ1n) is 6.20. The molecule has 4 nitrogen and oxygen atoms in total. The van der Waals surface area contributed by atoms with E-state index in [-0.39, 0.29) is 10.9 Å². The predicted molar refractivity (Wildman–Crippen MR) is 75.3 cm³/mol. The van der Waals surface area contributed by atoms with E-state index in [9.17, 15) is 9.18 Å². The van der Waals surface area contributed by atoms with Gasteiger partial charge in [-0.2, -0.15) is 0 Å². The van der Waals surface area contributed by atoms with Gasteiger partial charge in [-0.25, -0.2) is 4.39 Å². The Hall–Kier alpha value is -0.880. The van der Waals surface area contributed by atoms with Gasteiger partial charge in [-0.1, -0.05) is 23.2 Å². The van der Waals surface area contributed by atoms with Crippen molar-refractivity contribution in [3.05, 3.63) is 33.6 Å². The fourth-order valence-electron chi connectivity index (χ4n) is 2.11. The van der Waals surface area contributed by atoms with E-state index >= 15 is 0 Å². The van der Waals surface area contributed by atoms with Crippen LogP contribution in [0.15, 0.2) is 12.1 Å². The van der Waals surface area contributed by atoms with Crippen LogP contribution in [0.1, 0.15) is 18.6 Å². The molecule has 1 aliphatic heterocycles. The number of nitrogens with two attached hydrogens (primary N) is 1. The molecule has 20 heavy (non-hydrogen) atoms. The highest BCUT2D eigenvalue weighted by Gasteiger charge is 2.28. The molecule has 0 bridgehead atoms. The normalized spacial score (nSPS) is 20.9. The first-order valence-corrected chi connectivity index (χ1v) is 6.96. The number of hydrogen-bond donors (Lipinski definition) is 1. The number of rotatable bonds is 2. The lowest BCUT2D eigenvalue weighted by Gasteiger charge is -2.34. The van der Waals surface area contributed by atoms with Crippen LogP contribution in [0.2, 0.25) is 10.0 Å². The zero-order chi connectivity index (χ0) is 14.9. The third-order valence-electron chi connectivity index (χ3n) is 3.15. The Morgan fingerprint density at radius 1 is 1.50 bits per heavy atom. The SMILES string of the molecule is C[C@@H](N)C(=O)N1CCOC(c2cc(F)c(Cl)cc2Cl)C1. The van der Waals surface area contributed by atoms with Crippen molar-refractivity contribution in [1.82, 2.24) is 4.90 Å². The Balaban J connectivity index is 2.21. The van der Waals surface area contributed by atoms with Crippen LogP contribution in [0.25, 0.3) is 0 Å². The van der Waals surface area contributed by atoms with Crippen molar-refractivity contribution in [2.24, 2.45) is 5.73 Å². The molecule has 2 N–H and O–H groups in total. The van der Waals surface area contributed by atoms with Gasteiger partial charge >= 0.3 is 0 Å². The molecule has 1 saturated heterocycles. The number of hydrogen-bond acceptors (Lipinski definition) is 3. The Morgan fingerprint density at radius 2 is 2.20 bits per heavy atom. The van der Waals surface area contributed by atoms with Gasteiger partial charge in [0.15, 0.2) is 0 Å². The molecule has 0 saturated carbocycles. The Kier molecular flexibility index (Phi) is 4.86. The van der Waals surface area contributed by atoms with Crippen LogP contribution in [0.4, 0.5) is 4.39 Å². The summed E-state index contributed by atoms with van der Waals surface area (Å²) in [6.07, 6.45) is -0.481. The average molecular weight is 321 g/mol. The average Bonchev–Trinajstić information content (AvgIpc) is 2.42. The first kappa shape index (κ1) is 15.5. The van der Waals surface area contributed by atoms with E-state index < -0.39 is 18.0 Å². The molecule has 0 aromatic heterocycles. The van der Waals surface area contributed by atoms with E-state index in [0.29, 0.717) is 30.3 Å². The van der Waals surface area contributed by atoms with Crippen LogP contribution in [0, 0.1) is 5.82 Å². The molecule has 1 aromatic carbocycles. The summed E-state index contributed by atoms with van der Waals surface area (Å²) in [5.41, 5.74) is 6.07. The maximum Gasteiger partial charge on any atom is 0.239 e. The number of halogens is 3. The van der Waals surface area contributed by atoms with Crippen molar-refractivity contribution in [1.29, 1.82) is 0 Å². The van der Waals surface area contributed by atoms with E-state index in [0.717, 1.165) is 0 Å². The number of morpholine rings is 1. The van der Waals surface area contributed by atoms with E-state index in [1.54, 1.807) is 11.8 Å². The van der Waals surface area contributed by atoms with Crippen LogP contribution >= 0.6 is 23.2 Å². The summed E-state index contributed by atoms with van der Waals surface area (Å²) in [7, 11) is 0. The number of carbonyl (C=O) groups excluding carboxylic acids is 1. The summed E-state index contributed by atoms with van der Waals surface area (Å²) in [6.45, 7) is 2.73. The van der Waals surface area contributed by atoms with Crippen molar-refractivity contribution in [3.8, 4) is 0 Å². The molecular formula is C13H15Cl2FN2O2. The van der Waals surface area contributed by atoms with Crippen LogP contribution in [-0.4, -0.2) is 36.5 Å². The van der Waals surface area contributed by atoms with Crippen molar-refractivity contribution in [2.45, 2.75) is 19.1 Å². The van der Waals surface area contributed by atoms with Crippen molar-refractivity contribution in [3.63, 3.8) is 0 Å². The molecule has 7 heteroatoms. The molecule has 1 aliphatic rings. The first-order chi connectivity index (χ1) is 9.40. The van der Waals surface area contributed by atoms with Gasteiger partial charge in [0.05, 0.1) is 24.2 Å². The zero-order valence-corrected chi connectivity index (χ0v) is 12.4. The number of amides is 1. The molecule has 0 radical (unpaired) electrons. The Labute approximate surface area is 126 Å². The van der Waals surface area contributed by atoms with E-state index in [1.165, 1.54) is 12.1 Å². The molecule has 110 valence electrons. The number of ether oxygens (including phenoxy) is 1. The van der Waals surface area contributed by atoms with E-state index in [2.05, 4.69) is 0 Å². The second-order valence-corrected chi connectivity index (χ2v) is 5.53. The molecule has 1 amide bonds. The lowest BCUT2D eigenvalue weighted by atomic mass is 10.1. The van der Waals surface area contributed by atoms with Gasteiger partial charge in [0.2, 0.25) is 5.91 Å². The van der Waals surface area contributed by atoms with Crippen LogP contribution in [0.3, 0.4) is 0 Å². The smallest absolute Gasteiger partial charge is 0.239 e. The zero-order valence-electron chi connectivity index (χ0n) is 10.9. The molecular weight excluding hydrogens is 306 g/mol. The van der Waals surface area contributed by atoms with Crippen LogP contribution in [0.5, 0.6) is 0 Å². The second kappa shape index (κ2) is 6.26. The summed E-state index contributed by atoms with van der Waals surface area (Å²) in [5, 5.41) is 0.273. The van der Waals surface area contributed by atoms with Crippen molar-refractivity contribution >= 4 is 29.1 Å². The van der Waals surface area contributed by atoms with Crippen LogP contribution in [-0.2, 0) is 9.53 Å². The fraction of sp³-hybridized carbons (Fsp3) is 0.462. The molecule has 1 unspecified atom stereocenters. The standard InChI is InChI=1S/C13H15Cl2FN2O2/c1-7(17)13(19)18-2-3-20-12(6-18)8-4-11(16)10(15)5-9(8)14/h4-5,7,12H,2-3,6,17H2,1H3/t7-,12?/m1/s1. The topological polar surface area (TPSA) is 55.6 Å². The second-order valence-electron chi connectivity index (χ2n) is 4.72. The minimum Gasteiger partial charge on any atom is -0.370 e. The van der Waals surface area contributed by atoms with Gasteiger partial charge in [-0.15, -0.1) is 0 Å². The monoisotopic (exact) mass is 320 g/mol. The Morgan fingerprint density at radius 3 is 2.85 bits per heavy atom. The Bertz CT molecular complexity index is 525. The van der Waals surface area contributed by atoms with E-state index in [1.807, 2.05) is 0 Å². The molecule has 1 aromatic rings. The molecule has 1 fully saturated rings. The van der Waals surface area contributed by atoms with Gasteiger partial charge in [-0.05, 0) is 19.1 Å². The van der Waals surface area contributed by atoms with Crippen molar-refractivity contribution in [2.75, 3.05) is 19.7 Å². The lowest BCUT2D eigenvalue weighted by Crippen LogP contribution is -2.48. The highest BCUT2D eigenvalue weighted by atomic mass is 35.5. The minimum absolute atomic E-state index is 0.0435. The van der Waals surface area contributed by atoms with Gasteiger partial charge in [0.25, 0.3) is 0 Å². The molecule has 0 spiro atoms. The number of nitrogens with zero attached hydrogens (tertiary/aromatic N) is 1. The fourth-order valence-corrected chi connectivity index (χ4v) is 2.62. The quantitative estimate of drug-likeness (QED) is 0.851. The summed E-state index contributed by atoms with van der Waals surface area (Å²) < 4.78 is 19.1. The van der Waals surface area contributed by atoms with Gasteiger partial charge in [0.1, 0.15) is 11.9 Å². The predicted octanol–water partition coefficient (Wildman–Crippen LogP) is 2.38. The maximum atomic E-state index is 13.6. The van der Waals surface area contributed by atoms with Gasteiger partial charge < -0.3 is 15.4 Å². The molecule has 2 rings (SSSR count). The maximum absolute atomic E-state index is 13.6. The third kappa shape index (κ3) is 3.23. The minimum atomic E-state index is -0.578. The molecule has 0 aliphatic carbocycles. The number of benzene rings is 1. The van der Waals surface area contributed by atoms with Crippen LogP contribution < -0.4 is 5.73 Å². The number of carbonyl (C=O) groups is 1. The van der Waals surface area contributed by atoms with Gasteiger partial charge in [-0.3, -0.25) is 4.79 Å². The summed E-state index contributed by atoms with van der Waals surface area (Å²) >= 11 is 11.7. The highest BCUT2D eigenvalue weighted by Crippen LogP contribution is 2.32. The molecule has 1 heterocycles. The van der Waals surface area contributed by atoms with Crippen molar-refractivity contribution < 1.29 is 13.9 Å². The third-order valence-corrected chi connectivity index (χ3v) is 3.77. The largest absolute Gasteiger partial charge is 0.370 e. The lowest BCUT2D eigenvalue weighted by molar-refractivity contribution is -0.140. The van der Waals surface area contributed by atoms with Gasteiger partial charge in [0, 0.05) is 17.1 Å². The molecule has 2 atom stereocenters.